The highest BCUT2D eigenvalue weighted by molar-refractivity contribution is 5.92. The number of amides is 2. The molecule has 2 amide bonds. The average molecular weight is 334 g/mol. The van der Waals surface area contributed by atoms with Crippen molar-refractivity contribution in [3.05, 3.63) is 35.4 Å². The van der Waals surface area contributed by atoms with Crippen LogP contribution in [0.2, 0.25) is 0 Å². The third kappa shape index (κ3) is 6.40. The summed E-state index contributed by atoms with van der Waals surface area (Å²) in [5.41, 5.74) is 6.25. The van der Waals surface area contributed by atoms with Gasteiger partial charge in [0.25, 0.3) is 0 Å². The van der Waals surface area contributed by atoms with E-state index in [1.165, 1.54) is 0 Å². The number of ether oxygens (including phenoxy) is 1. The van der Waals surface area contributed by atoms with Gasteiger partial charge >= 0.3 is 5.97 Å². The van der Waals surface area contributed by atoms with Gasteiger partial charge in [0.1, 0.15) is 12.6 Å². The normalized spacial score (nSPS) is 12.1. The molecule has 0 aromatic heterocycles. The molecule has 24 heavy (non-hydrogen) atoms. The molecule has 6 heteroatoms. The smallest absolute Gasteiger partial charge is 0.329 e. The summed E-state index contributed by atoms with van der Waals surface area (Å²) in [4.78, 5) is 35.3. The molecule has 3 N–H and O–H groups in total. The molecule has 0 saturated carbocycles. The molecular formula is C18H26N2O4. The molecule has 0 fully saturated rings. The van der Waals surface area contributed by atoms with Gasteiger partial charge in [-0.25, -0.2) is 4.79 Å². The van der Waals surface area contributed by atoms with Crippen LogP contribution < -0.4 is 11.1 Å². The number of primary amides is 1. The van der Waals surface area contributed by atoms with Gasteiger partial charge in [-0.15, -0.1) is 0 Å². The van der Waals surface area contributed by atoms with Gasteiger partial charge in [-0.1, -0.05) is 39.8 Å². The van der Waals surface area contributed by atoms with Gasteiger partial charge in [-0.3, -0.25) is 9.59 Å². The van der Waals surface area contributed by atoms with E-state index in [-0.39, 0.29) is 24.3 Å². The third-order valence-corrected chi connectivity index (χ3v) is 3.42. The van der Waals surface area contributed by atoms with Crippen molar-refractivity contribution >= 4 is 17.8 Å². The number of carbonyl (C=O) groups excluding carboxylic acids is 3. The number of hydrogen-bond acceptors (Lipinski definition) is 4. The Morgan fingerprint density at radius 1 is 1.17 bits per heavy atom. The minimum atomic E-state index is -0.699. The van der Waals surface area contributed by atoms with E-state index in [1.807, 2.05) is 27.7 Å². The predicted octanol–water partition coefficient (Wildman–Crippen LogP) is 2.02. The van der Waals surface area contributed by atoms with Crippen LogP contribution in [0.5, 0.6) is 0 Å². The summed E-state index contributed by atoms with van der Waals surface area (Å²) in [6.07, 6.45) is 0.358. The minimum Gasteiger partial charge on any atom is -0.459 e. The SMILES string of the molecule is CC(C)CC(=O)NC(C(=O)OCc1cccc(C(N)=O)c1)C(C)C. The molecule has 1 rings (SSSR count). The van der Waals surface area contributed by atoms with Crippen LogP contribution in [0.3, 0.4) is 0 Å². The van der Waals surface area contributed by atoms with Crippen molar-refractivity contribution in [3.63, 3.8) is 0 Å². The maximum Gasteiger partial charge on any atom is 0.329 e. The van der Waals surface area contributed by atoms with Crippen LogP contribution in [0, 0.1) is 11.8 Å². The average Bonchev–Trinajstić information content (AvgIpc) is 2.49. The van der Waals surface area contributed by atoms with Gasteiger partial charge in [0.2, 0.25) is 11.8 Å². The van der Waals surface area contributed by atoms with Crippen molar-refractivity contribution in [3.8, 4) is 0 Å². The van der Waals surface area contributed by atoms with Crippen LogP contribution in [-0.4, -0.2) is 23.8 Å². The van der Waals surface area contributed by atoms with Gasteiger partial charge in [0.15, 0.2) is 0 Å². The van der Waals surface area contributed by atoms with E-state index in [1.54, 1.807) is 24.3 Å². The molecule has 132 valence electrons. The van der Waals surface area contributed by atoms with Gasteiger partial charge in [-0.05, 0) is 29.5 Å². The molecule has 1 atom stereocenters. The number of benzene rings is 1. The maximum atomic E-state index is 12.3. The monoisotopic (exact) mass is 334 g/mol. The van der Waals surface area contributed by atoms with Crippen molar-refractivity contribution in [2.45, 2.75) is 46.8 Å². The second-order valence-corrected chi connectivity index (χ2v) is 6.56. The third-order valence-electron chi connectivity index (χ3n) is 3.42. The zero-order chi connectivity index (χ0) is 18.3. The van der Waals surface area contributed by atoms with Crippen LogP contribution >= 0.6 is 0 Å². The van der Waals surface area contributed by atoms with E-state index in [2.05, 4.69) is 5.32 Å². The van der Waals surface area contributed by atoms with Gasteiger partial charge in [0.05, 0.1) is 0 Å². The zero-order valence-electron chi connectivity index (χ0n) is 14.7. The fourth-order valence-corrected chi connectivity index (χ4v) is 2.16. The Morgan fingerprint density at radius 3 is 2.38 bits per heavy atom. The Kier molecular flexibility index (Phi) is 7.42. The number of nitrogens with one attached hydrogen (secondary N) is 1. The lowest BCUT2D eigenvalue weighted by Crippen LogP contribution is -2.45. The number of esters is 1. The van der Waals surface area contributed by atoms with Crippen LogP contribution in [0.4, 0.5) is 0 Å². The Bertz CT molecular complexity index is 596. The minimum absolute atomic E-state index is 0.0171. The predicted molar refractivity (Wildman–Crippen MR) is 91.0 cm³/mol. The quantitative estimate of drug-likeness (QED) is 0.711. The van der Waals surface area contributed by atoms with Crippen LogP contribution in [0.25, 0.3) is 0 Å². The summed E-state index contributed by atoms with van der Waals surface area (Å²) in [6.45, 7) is 7.58. The molecule has 0 spiro atoms. The molecule has 0 radical (unpaired) electrons. The fraction of sp³-hybridized carbons (Fsp3) is 0.500. The number of carbonyl (C=O) groups is 3. The molecule has 0 aliphatic rings. The largest absolute Gasteiger partial charge is 0.459 e. The van der Waals surface area contributed by atoms with E-state index in [4.69, 9.17) is 10.5 Å². The number of hydrogen-bond donors (Lipinski definition) is 2. The zero-order valence-corrected chi connectivity index (χ0v) is 14.7. The Morgan fingerprint density at radius 2 is 1.83 bits per heavy atom. The lowest BCUT2D eigenvalue weighted by atomic mass is 10.0. The topological polar surface area (TPSA) is 98.5 Å². The van der Waals surface area contributed by atoms with Crippen molar-refractivity contribution in [2.24, 2.45) is 17.6 Å². The molecule has 0 aliphatic carbocycles. The highest BCUT2D eigenvalue weighted by Gasteiger charge is 2.25. The van der Waals surface area contributed by atoms with Gasteiger partial charge < -0.3 is 15.8 Å². The molecule has 0 saturated heterocycles. The van der Waals surface area contributed by atoms with E-state index >= 15 is 0 Å². The van der Waals surface area contributed by atoms with Crippen molar-refractivity contribution in [2.75, 3.05) is 0 Å². The van der Waals surface area contributed by atoms with Crippen molar-refractivity contribution in [1.29, 1.82) is 0 Å². The van der Waals surface area contributed by atoms with Gasteiger partial charge in [0, 0.05) is 12.0 Å². The summed E-state index contributed by atoms with van der Waals surface area (Å²) < 4.78 is 5.29. The summed E-state index contributed by atoms with van der Waals surface area (Å²) >= 11 is 0. The Hall–Kier alpha value is -2.37. The molecular weight excluding hydrogens is 308 g/mol. The molecule has 0 bridgehead atoms. The van der Waals surface area contributed by atoms with Crippen LogP contribution in [0.1, 0.15) is 50.0 Å². The molecule has 6 nitrogen and oxygen atoms in total. The first-order valence-electron chi connectivity index (χ1n) is 8.05. The highest BCUT2D eigenvalue weighted by atomic mass is 16.5. The molecule has 1 unspecified atom stereocenters. The number of rotatable bonds is 8. The van der Waals surface area contributed by atoms with Gasteiger partial charge in [-0.2, -0.15) is 0 Å². The summed E-state index contributed by atoms with van der Waals surface area (Å²) in [6, 6.07) is 5.89. The van der Waals surface area contributed by atoms with E-state index < -0.39 is 17.9 Å². The highest BCUT2D eigenvalue weighted by Crippen LogP contribution is 2.10. The first-order valence-corrected chi connectivity index (χ1v) is 8.05. The van der Waals surface area contributed by atoms with E-state index in [9.17, 15) is 14.4 Å². The molecule has 1 aromatic carbocycles. The fourth-order valence-electron chi connectivity index (χ4n) is 2.16. The van der Waals surface area contributed by atoms with Crippen molar-refractivity contribution < 1.29 is 19.1 Å². The van der Waals surface area contributed by atoms with E-state index in [0.29, 0.717) is 17.5 Å². The lowest BCUT2D eigenvalue weighted by Gasteiger charge is -2.21. The maximum absolute atomic E-state index is 12.3. The van der Waals surface area contributed by atoms with Crippen LogP contribution in [0.15, 0.2) is 24.3 Å². The second kappa shape index (κ2) is 9.05. The number of nitrogens with two attached hydrogens (primary N) is 1. The summed E-state index contributed by atoms with van der Waals surface area (Å²) in [5, 5.41) is 2.73. The standard InChI is InChI=1S/C18H26N2O4/c1-11(2)8-15(21)20-16(12(3)4)18(23)24-10-13-6-5-7-14(9-13)17(19)22/h5-7,9,11-12,16H,8,10H2,1-4H3,(H2,19,22)(H,20,21). The first-order chi connectivity index (χ1) is 11.2. The summed E-state index contributed by atoms with van der Waals surface area (Å²) in [7, 11) is 0. The second-order valence-electron chi connectivity index (χ2n) is 6.56. The first kappa shape index (κ1) is 19.7. The summed E-state index contributed by atoms with van der Waals surface area (Å²) in [5.74, 6) is -1.08. The molecule has 0 heterocycles. The Labute approximate surface area is 142 Å². The van der Waals surface area contributed by atoms with Crippen LogP contribution in [-0.2, 0) is 20.9 Å². The Balaban J connectivity index is 2.67. The molecule has 0 aliphatic heterocycles. The molecule has 1 aromatic rings. The van der Waals surface area contributed by atoms with E-state index in [0.717, 1.165) is 0 Å². The lowest BCUT2D eigenvalue weighted by molar-refractivity contribution is -0.150. The van der Waals surface area contributed by atoms with Crippen molar-refractivity contribution in [1.82, 2.24) is 5.32 Å².